The third-order valence-corrected chi connectivity index (χ3v) is 2.93. The zero-order chi connectivity index (χ0) is 13.7. The van der Waals surface area contributed by atoms with Crippen molar-refractivity contribution in [1.82, 2.24) is 10.3 Å². The van der Waals surface area contributed by atoms with E-state index in [2.05, 4.69) is 15.6 Å². The number of carbonyl (C=O) groups is 2. The second-order valence-electron chi connectivity index (χ2n) is 4.35. The molecule has 6 heteroatoms. The smallest absolute Gasteiger partial charge is 0.229 e. The first-order valence-corrected chi connectivity index (χ1v) is 6.35. The Balaban J connectivity index is 1.89. The second kappa shape index (κ2) is 6.17. The van der Waals surface area contributed by atoms with Gasteiger partial charge >= 0.3 is 0 Å². The standard InChI is InChI=1S/C13H17N3O3/c1-2-19-12-6-4-10(8-15-12)16-13(18)9-3-5-11(17)14-7-9/h4,6,8-9H,2-3,5,7H2,1H3,(H,14,17)(H,16,18). The average Bonchev–Trinajstić information content (AvgIpc) is 2.42. The third kappa shape index (κ3) is 3.67. The molecule has 2 amide bonds. The van der Waals surface area contributed by atoms with Crippen molar-refractivity contribution in [2.24, 2.45) is 5.92 Å². The Morgan fingerprint density at radius 1 is 1.58 bits per heavy atom. The highest BCUT2D eigenvalue weighted by molar-refractivity contribution is 5.93. The van der Waals surface area contributed by atoms with Gasteiger partial charge in [0.2, 0.25) is 17.7 Å². The van der Waals surface area contributed by atoms with Crippen LogP contribution in [0.4, 0.5) is 5.69 Å². The molecular weight excluding hydrogens is 246 g/mol. The highest BCUT2D eigenvalue weighted by Gasteiger charge is 2.24. The molecule has 1 atom stereocenters. The van der Waals surface area contributed by atoms with Crippen LogP contribution in [0.15, 0.2) is 18.3 Å². The van der Waals surface area contributed by atoms with Gasteiger partial charge in [-0.1, -0.05) is 0 Å². The molecule has 0 saturated carbocycles. The molecule has 2 rings (SSSR count). The normalized spacial score (nSPS) is 18.6. The van der Waals surface area contributed by atoms with Gasteiger partial charge in [-0.2, -0.15) is 0 Å². The molecule has 1 unspecified atom stereocenters. The minimum Gasteiger partial charge on any atom is -0.478 e. The monoisotopic (exact) mass is 263 g/mol. The fourth-order valence-corrected chi connectivity index (χ4v) is 1.89. The first-order valence-electron chi connectivity index (χ1n) is 6.35. The average molecular weight is 263 g/mol. The van der Waals surface area contributed by atoms with Crippen LogP contribution >= 0.6 is 0 Å². The highest BCUT2D eigenvalue weighted by Crippen LogP contribution is 2.16. The van der Waals surface area contributed by atoms with E-state index in [0.717, 1.165) is 0 Å². The van der Waals surface area contributed by atoms with E-state index >= 15 is 0 Å². The molecule has 19 heavy (non-hydrogen) atoms. The maximum absolute atomic E-state index is 12.0. The molecule has 1 aliphatic heterocycles. The first kappa shape index (κ1) is 13.3. The fourth-order valence-electron chi connectivity index (χ4n) is 1.89. The number of carbonyl (C=O) groups excluding carboxylic acids is 2. The molecule has 0 aromatic carbocycles. The summed E-state index contributed by atoms with van der Waals surface area (Å²) in [6, 6.07) is 3.46. The van der Waals surface area contributed by atoms with Crippen molar-refractivity contribution in [1.29, 1.82) is 0 Å². The maximum Gasteiger partial charge on any atom is 0.229 e. The zero-order valence-electron chi connectivity index (χ0n) is 10.8. The molecule has 0 radical (unpaired) electrons. The summed E-state index contributed by atoms with van der Waals surface area (Å²) in [5.41, 5.74) is 0.630. The number of hydrogen-bond acceptors (Lipinski definition) is 4. The predicted molar refractivity (Wildman–Crippen MR) is 69.8 cm³/mol. The number of aromatic nitrogens is 1. The van der Waals surface area contributed by atoms with Crippen molar-refractivity contribution in [3.8, 4) is 5.88 Å². The van der Waals surface area contributed by atoms with E-state index in [4.69, 9.17) is 4.74 Å². The van der Waals surface area contributed by atoms with Gasteiger partial charge in [-0.15, -0.1) is 0 Å². The molecule has 102 valence electrons. The number of anilines is 1. The van der Waals surface area contributed by atoms with Gasteiger partial charge in [0, 0.05) is 19.0 Å². The summed E-state index contributed by atoms with van der Waals surface area (Å²) in [7, 11) is 0. The Bertz CT molecular complexity index is 449. The highest BCUT2D eigenvalue weighted by atomic mass is 16.5. The number of piperidine rings is 1. The Morgan fingerprint density at radius 3 is 3.00 bits per heavy atom. The summed E-state index contributed by atoms with van der Waals surface area (Å²) in [6.07, 6.45) is 2.55. The summed E-state index contributed by atoms with van der Waals surface area (Å²) in [6.45, 7) is 2.84. The molecule has 1 fully saturated rings. The number of rotatable bonds is 4. The number of amides is 2. The lowest BCUT2D eigenvalue weighted by Crippen LogP contribution is -2.40. The van der Waals surface area contributed by atoms with Crippen LogP contribution in [0.25, 0.3) is 0 Å². The lowest BCUT2D eigenvalue weighted by atomic mass is 9.98. The van der Waals surface area contributed by atoms with Crippen molar-refractivity contribution < 1.29 is 14.3 Å². The van der Waals surface area contributed by atoms with Gasteiger partial charge in [-0.3, -0.25) is 9.59 Å². The van der Waals surface area contributed by atoms with E-state index in [9.17, 15) is 9.59 Å². The van der Waals surface area contributed by atoms with Gasteiger partial charge in [0.05, 0.1) is 24.4 Å². The Labute approximate surface area is 111 Å². The van der Waals surface area contributed by atoms with Crippen LogP contribution in [0.5, 0.6) is 5.88 Å². The lowest BCUT2D eigenvalue weighted by Gasteiger charge is -2.21. The van der Waals surface area contributed by atoms with Gasteiger partial charge in [0.25, 0.3) is 0 Å². The van der Waals surface area contributed by atoms with Crippen LogP contribution in [-0.2, 0) is 9.59 Å². The molecular formula is C13H17N3O3. The first-order chi connectivity index (χ1) is 9.19. The van der Waals surface area contributed by atoms with E-state index in [1.54, 1.807) is 18.3 Å². The summed E-state index contributed by atoms with van der Waals surface area (Å²) >= 11 is 0. The van der Waals surface area contributed by atoms with Crippen molar-refractivity contribution >= 4 is 17.5 Å². The van der Waals surface area contributed by atoms with E-state index in [0.29, 0.717) is 37.6 Å². The maximum atomic E-state index is 12.0. The zero-order valence-corrected chi connectivity index (χ0v) is 10.8. The van der Waals surface area contributed by atoms with Gasteiger partial charge in [0.15, 0.2) is 0 Å². The summed E-state index contributed by atoms with van der Waals surface area (Å²) in [4.78, 5) is 27.1. The lowest BCUT2D eigenvalue weighted by molar-refractivity contribution is -0.126. The van der Waals surface area contributed by atoms with Crippen molar-refractivity contribution in [3.63, 3.8) is 0 Å². The molecule has 0 aliphatic carbocycles. The molecule has 2 heterocycles. The van der Waals surface area contributed by atoms with E-state index < -0.39 is 0 Å². The molecule has 0 spiro atoms. The fraction of sp³-hybridized carbons (Fsp3) is 0.462. The van der Waals surface area contributed by atoms with Crippen LogP contribution in [0, 0.1) is 5.92 Å². The van der Waals surface area contributed by atoms with Crippen LogP contribution in [0.2, 0.25) is 0 Å². The third-order valence-electron chi connectivity index (χ3n) is 2.93. The molecule has 6 nitrogen and oxygen atoms in total. The van der Waals surface area contributed by atoms with Crippen molar-refractivity contribution in [3.05, 3.63) is 18.3 Å². The SMILES string of the molecule is CCOc1ccc(NC(=O)C2CCC(=O)NC2)cn1. The molecule has 1 aliphatic rings. The van der Waals surface area contributed by atoms with Crippen molar-refractivity contribution in [2.45, 2.75) is 19.8 Å². The van der Waals surface area contributed by atoms with Gasteiger partial charge in [-0.05, 0) is 19.4 Å². The Hall–Kier alpha value is -2.11. The molecule has 0 bridgehead atoms. The molecule has 1 aromatic rings. The van der Waals surface area contributed by atoms with E-state index in [-0.39, 0.29) is 17.7 Å². The van der Waals surface area contributed by atoms with Crippen LogP contribution in [-0.4, -0.2) is 29.9 Å². The predicted octanol–water partition coefficient (Wildman–Crippen LogP) is 0.945. The molecule has 1 aromatic heterocycles. The Morgan fingerprint density at radius 2 is 2.42 bits per heavy atom. The Kier molecular flexibility index (Phi) is 4.33. The topological polar surface area (TPSA) is 80.3 Å². The van der Waals surface area contributed by atoms with Crippen LogP contribution in [0.3, 0.4) is 0 Å². The van der Waals surface area contributed by atoms with Gasteiger partial charge in [-0.25, -0.2) is 4.98 Å². The minimum atomic E-state index is -0.177. The van der Waals surface area contributed by atoms with E-state index in [1.165, 1.54) is 0 Å². The van der Waals surface area contributed by atoms with Crippen LogP contribution in [0.1, 0.15) is 19.8 Å². The quantitative estimate of drug-likeness (QED) is 0.847. The largest absolute Gasteiger partial charge is 0.478 e. The summed E-state index contributed by atoms with van der Waals surface area (Å²) < 4.78 is 5.22. The summed E-state index contributed by atoms with van der Waals surface area (Å²) in [5.74, 6) is 0.271. The molecule has 1 saturated heterocycles. The summed E-state index contributed by atoms with van der Waals surface area (Å²) in [5, 5.41) is 5.48. The number of nitrogens with zero attached hydrogens (tertiary/aromatic N) is 1. The number of nitrogens with one attached hydrogen (secondary N) is 2. The van der Waals surface area contributed by atoms with E-state index in [1.807, 2.05) is 6.92 Å². The van der Waals surface area contributed by atoms with Crippen LogP contribution < -0.4 is 15.4 Å². The van der Waals surface area contributed by atoms with Crippen molar-refractivity contribution in [2.75, 3.05) is 18.5 Å². The number of pyridine rings is 1. The van der Waals surface area contributed by atoms with Gasteiger partial charge in [0.1, 0.15) is 0 Å². The second-order valence-corrected chi connectivity index (χ2v) is 4.35. The minimum absolute atomic E-state index is 0.00628. The number of hydrogen-bond donors (Lipinski definition) is 2. The number of ether oxygens (including phenoxy) is 1. The van der Waals surface area contributed by atoms with Gasteiger partial charge < -0.3 is 15.4 Å². The molecule has 2 N–H and O–H groups in total.